The number of pyridine rings is 1. The molecule has 37 heavy (non-hydrogen) atoms. The first kappa shape index (κ1) is 25.5. The van der Waals surface area contributed by atoms with Crippen LogP contribution in [0.15, 0.2) is 18.5 Å². The zero-order valence-electron chi connectivity index (χ0n) is 21.5. The number of hydrogen-bond acceptors (Lipinski definition) is 9. The zero-order chi connectivity index (χ0) is 26.2. The predicted octanol–water partition coefficient (Wildman–Crippen LogP) is 3.04. The SMILES string of the molecule is CC(C)c1nn(C2CCCCC2)c2nc(C(=O)NS(C)(=O)=O)cc(-c3cnc(N4CCOCC4)nc3)c12. The molecular weight excluding hydrogens is 494 g/mol. The highest BCUT2D eigenvalue weighted by Gasteiger charge is 2.27. The van der Waals surface area contributed by atoms with Crippen LogP contribution in [0, 0.1) is 0 Å². The molecule has 3 aromatic rings. The van der Waals surface area contributed by atoms with E-state index in [4.69, 9.17) is 9.84 Å². The Kier molecular flexibility index (Phi) is 7.13. The molecule has 2 aliphatic rings. The maximum Gasteiger partial charge on any atom is 0.283 e. The number of anilines is 1. The summed E-state index contributed by atoms with van der Waals surface area (Å²) in [6.45, 7) is 6.87. The second kappa shape index (κ2) is 10.3. The number of nitrogens with one attached hydrogen (secondary N) is 1. The Morgan fingerprint density at radius 1 is 1.11 bits per heavy atom. The maximum atomic E-state index is 12.9. The fourth-order valence-electron chi connectivity index (χ4n) is 5.10. The summed E-state index contributed by atoms with van der Waals surface area (Å²) >= 11 is 0. The first-order valence-corrected chi connectivity index (χ1v) is 14.7. The molecule has 1 saturated heterocycles. The Labute approximate surface area is 216 Å². The van der Waals surface area contributed by atoms with Crippen LogP contribution in [0.1, 0.15) is 74.1 Å². The van der Waals surface area contributed by atoms with Gasteiger partial charge in [0.15, 0.2) is 5.65 Å². The van der Waals surface area contributed by atoms with Crippen LogP contribution in [-0.2, 0) is 14.8 Å². The number of fused-ring (bicyclic) bond motifs is 1. The number of ether oxygens (including phenoxy) is 1. The Morgan fingerprint density at radius 3 is 2.41 bits per heavy atom. The van der Waals surface area contributed by atoms with Gasteiger partial charge in [0, 0.05) is 36.6 Å². The first-order chi connectivity index (χ1) is 17.7. The highest BCUT2D eigenvalue weighted by Crippen LogP contribution is 2.38. The molecule has 0 bridgehead atoms. The van der Waals surface area contributed by atoms with Gasteiger partial charge < -0.3 is 9.64 Å². The fourth-order valence-corrected chi connectivity index (χ4v) is 5.54. The van der Waals surface area contributed by atoms with Crippen molar-refractivity contribution < 1.29 is 17.9 Å². The molecule has 1 amide bonds. The molecule has 0 aromatic carbocycles. The number of carbonyl (C=O) groups excluding carboxylic acids is 1. The average molecular weight is 528 g/mol. The summed E-state index contributed by atoms with van der Waals surface area (Å²) in [5, 5.41) is 5.85. The molecule has 0 unspecified atom stereocenters. The van der Waals surface area contributed by atoms with Crippen molar-refractivity contribution in [1.82, 2.24) is 29.5 Å². The van der Waals surface area contributed by atoms with Crippen LogP contribution < -0.4 is 9.62 Å². The Balaban J connectivity index is 1.67. The van der Waals surface area contributed by atoms with Gasteiger partial charge in [0.25, 0.3) is 5.91 Å². The van der Waals surface area contributed by atoms with Gasteiger partial charge in [-0.05, 0) is 24.8 Å². The Bertz CT molecular complexity index is 1390. The van der Waals surface area contributed by atoms with Crippen LogP contribution in [-0.4, -0.2) is 71.6 Å². The van der Waals surface area contributed by atoms with Crippen molar-refractivity contribution in [3.63, 3.8) is 0 Å². The minimum atomic E-state index is -3.76. The number of carbonyl (C=O) groups is 1. The predicted molar refractivity (Wildman–Crippen MR) is 140 cm³/mol. The normalized spacial score (nSPS) is 17.5. The van der Waals surface area contributed by atoms with Crippen molar-refractivity contribution in [1.29, 1.82) is 0 Å². The highest BCUT2D eigenvalue weighted by molar-refractivity contribution is 7.89. The lowest BCUT2D eigenvalue weighted by Gasteiger charge is -2.26. The van der Waals surface area contributed by atoms with Gasteiger partial charge in [-0.1, -0.05) is 33.1 Å². The van der Waals surface area contributed by atoms with E-state index in [1.165, 1.54) is 6.42 Å². The molecular formula is C25H33N7O4S. The van der Waals surface area contributed by atoms with Crippen molar-refractivity contribution in [3.8, 4) is 11.1 Å². The standard InChI is InChI=1S/C25H33N7O4S/c1-16(2)22-21-19(17-14-26-25(27-15-17)31-9-11-36-12-10-31)13-20(24(33)30-37(3,34)35)28-23(21)32(29-22)18-7-5-4-6-8-18/h13-16,18H,4-12H2,1-3H3,(H,30,33). The van der Waals surface area contributed by atoms with Crippen LogP contribution >= 0.6 is 0 Å². The average Bonchev–Trinajstić information content (AvgIpc) is 3.28. The molecule has 3 aromatic heterocycles. The second-order valence-electron chi connectivity index (χ2n) is 10.1. The smallest absolute Gasteiger partial charge is 0.283 e. The third kappa shape index (κ3) is 5.45. The summed E-state index contributed by atoms with van der Waals surface area (Å²) in [6, 6.07) is 1.80. The summed E-state index contributed by atoms with van der Waals surface area (Å²) in [5.41, 5.74) is 2.91. The lowest BCUT2D eigenvalue weighted by Crippen LogP contribution is -2.37. The molecule has 0 atom stereocenters. The van der Waals surface area contributed by atoms with Crippen LogP contribution in [0.5, 0.6) is 0 Å². The molecule has 0 radical (unpaired) electrons. The molecule has 1 N–H and O–H groups in total. The largest absolute Gasteiger partial charge is 0.378 e. The molecule has 5 rings (SSSR count). The first-order valence-electron chi connectivity index (χ1n) is 12.8. The summed E-state index contributed by atoms with van der Waals surface area (Å²) in [6.07, 6.45) is 9.83. The van der Waals surface area contributed by atoms with E-state index < -0.39 is 15.9 Å². The number of nitrogens with zero attached hydrogens (tertiary/aromatic N) is 6. The van der Waals surface area contributed by atoms with Gasteiger partial charge in [0.05, 0.1) is 36.6 Å². The lowest BCUT2D eigenvalue weighted by atomic mass is 9.95. The number of rotatable bonds is 6. The van der Waals surface area contributed by atoms with Gasteiger partial charge in [-0.2, -0.15) is 5.10 Å². The molecule has 198 valence electrons. The molecule has 4 heterocycles. The molecule has 1 saturated carbocycles. The van der Waals surface area contributed by atoms with Gasteiger partial charge in [0.2, 0.25) is 16.0 Å². The Hall–Kier alpha value is -3.12. The van der Waals surface area contributed by atoms with E-state index in [0.29, 0.717) is 35.9 Å². The van der Waals surface area contributed by atoms with Crippen molar-refractivity contribution in [2.24, 2.45) is 0 Å². The maximum absolute atomic E-state index is 12.9. The molecule has 2 fully saturated rings. The Morgan fingerprint density at radius 2 is 1.78 bits per heavy atom. The van der Waals surface area contributed by atoms with Crippen molar-refractivity contribution in [3.05, 3.63) is 29.8 Å². The second-order valence-corrected chi connectivity index (χ2v) is 11.9. The zero-order valence-corrected chi connectivity index (χ0v) is 22.3. The molecule has 11 nitrogen and oxygen atoms in total. The third-order valence-electron chi connectivity index (χ3n) is 6.91. The van der Waals surface area contributed by atoms with Crippen molar-refractivity contribution in [2.75, 3.05) is 37.5 Å². The van der Waals surface area contributed by atoms with Gasteiger partial charge in [-0.15, -0.1) is 0 Å². The number of hydrogen-bond donors (Lipinski definition) is 1. The van der Waals surface area contributed by atoms with Crippen molar-refractivity contribution >= 4 is 32.9 Å². The monoisotopic (exact) mass is 527 g/mol. The van der Waals surface area contributed by atoms with Gasteiger partial charge in [-0.3, -0.25) is 4.79 Å². The molecule has 1 aliphatic carbocycles. The number of aromatic nitrogens is 5. The van der Waals surface area contributed by atoms with E-state index in [-0.39, 0.29) is 17.7 Å². The molecule has 12 heteroatoms. The molecule has 1 aliphatic heterocycles. The minimum Gasteiger partial charge on any atom is -0.378 e. The summed E-state index contributed by atoms with van der Waals surface area (Å²) in [7, 11) is -3.76. The summed E-state index contributed by atoms with van der Waals surface area (Å²) in [4.78, 5) is 28.9. The lowest BCUT2D eigenvalue weighted by molar-refractivity contribution is 0.0977. The number of amides is 1. The fraction of sp³-hybridized carbons (Fsp3) is 0.560. The summed E-state index contributed by atoms with van der Waals surface area (Å²) < 4.78 is 33.1. The topological polar surface area (TPSA) is 132 Å². The van der Waals surface area contributed by atoms with Crippen molar-refractivity contribution in [2.45, 2.75) is 57.9 Å². The van der Waals surface area contributed by atoms with E-state index >= 15 is 0 Å². The van der Waals surface area contributed by atoms with Crippen LogP contribution in [0.4, 0.5) is 5.95 Å². The van der Waals surface area contributed by atoms with Crippen LogP contribution in [0.3, 0.4) is 0 Å². The van der Waals surface area contributed by atoms with E-state index in [1.807, 2.05) is 4.68 Å². The number of sulfonamides is 1. The van der Waals surface area contributed by atoms with E-state index in [9.17, 15) is 13.2 Å². The minimum absolute atomic E-state index is 0.0115. The van der Waals surface area contributed by atoms with E-state index in [2.05, 4.69) is 38.4 Å². The quantitative estimate of drug-likeness (QED) is 0.513. The number of morpholine rings is 1. The van der Waals surface area contributed by atoms with Crippen LogP contribution in [0.2, 0.25) is 0 Å². The van der Waals surface area contributed by atoms with Gasteiger partial charge in [-0.25, -0.2) is 32.8 Å². The third-order valence-corrected chi connectivity index (χ3v) is 7.47. The van der Waals surface area contributed by atoms with E-state index in [0.717, 1.165) is 56.1 Å². The molecule has 0 spiro atoms. The van der Waals surface area contributed by atoms with Gasteiger partial charge in [0.1, 0.15) is 5.69 Å². The van der Waals surface area contributed by atoms with E-state index in [1.54, 1.807) is 18.5 Å². The summed E-state index contributed by atoms with van der Waals surface area (Å²) in [5.74, 6) is -0.0505. The van der Waals surface area contributed by atoms with Crippen LogP contribution in [0.25, 0.3) is 22.2 Å². The van der Waals surface area contributed by atoms with Gasteiger partial charge >= 0.3 is 0 Å². The highest BCUT2D eigenvalue weighted by atomic mass is 32.2.